The third-order valence-electron chi connectivity index (χ3n) is 2.27. The fourth-order valence-corrected chi connectivity index (χ4v) is 3.20. The Bertz CT molecular complexity index is 457. The van der Waals surface area contributed by atoms with Crippen molar-refractivity contribution in [2.75, 3.05) is 13.7 Å². The average molecular weight is 243 g/mol. The van der Waals surface area contributed by atoms with Crippen molar-refractivity contribution >= 4 is 10.0 Å². The second-order valence-corrected chi connectivity index (χ2v) is 5.30. The summed E-state index contributed by atoms with van der Waals surface area (Å²) in [5.41, 5.74) is 1.38. The van der Waals surface area contributed by atoms with Gasteiger partial charge in [0.25, 0.3) is 0 Å². The highest BCUT2D eigenvalue weighted by atomic mass is 32.2. The zero-order valence-corrected chi connectivity index (χ0v) is 10.8. The van der Waals surface area contributed by atoms with Crippen LogP contribution in [0.15, 0.2) is 17.0 Å². The third-order valence-corrected chi connectivity index (χ3v) is 4.12. The van der Waals surface area contributed by atoms with Gasteiger partial charge in [0, 0.05) is 6.54 Å². The maximum atomic E-state index is 11.9. The Kier molecular flexibility index (Phi) is 3.93. The van der Waals surface area contributed by atoms with Crippen LogP contribution in [0, 0.1) is 13.8 Å². The molecular formula is C11H17NO3S. The number of aryl methyl sites for hydroxylation is 2. The molecule has 0 aliphatic heterocycles. The smallest absolute Gasteiger partial charge is 0.241 e. The summed E-state index contributed by atoms with van der Waals surface area (Å²) >= 11 is 0. The molecule has 0 amide bonds. The lowest BCUT2D eigenvalue weighted by atomic mass is 10.1. The van der Waals surface area contributed by atoms with Gasteiger partial charge in [-0.3, -0.25) is 0 Å². The molecule has 16 heavy (non-hydrogen) atoms. The zero-order valence-electron chi connectivity index (χ0n) is 9.99. The van der Waals surface area contributed by atoms with Gasteiger partial charge in [0.1, 0.15) is 5.75 Å². The molecule has 0 saturated carbocycles. The van der Waals surface area contributed by atoms with E-state index in [0.29, 0.717) is 28.3 Å². The minimum atomic E-state index is -3.40. The number of ether oxygens (including phenoxy) is 1. The normalized spacial score (nSPS) is 11.5. The zero-order chi connectivity index (χ0) is 12.3. The minimum Gasteiger partial charge on any atom is -0.497 e. The minimum absolute atomic E-state index is 0.343. The summed E-state index contributed by atoms with van der Waals surface area (Å²) in [5.74, 6) is 0.672. The topological polar surface area (TPSA) is 55.4 Å². The lowest BCUT2D eigenvalue weighted by Crippen LogP contribution is -2.24. The van der Waals surface area contributed by atoms with Gasteiger partial charge in [-0.2, -0.15) is 0 Å². The first-order valence-electron chi connectivity index (χ1n) is 5.07. The van der Waals surface area contributed by atoms with E-state index < -0.39 is 10.0 Å². The van der Waals surface area contributed by atoms with Crippen molar-refractivity contribution < 1.29 is 13.2 Å². The fourth-order valence-electron chi connectivity index (χ4n) is 1.71. The van der Waals surface area contributed by atoms with E-state index in [2.05, 4.69) is 4.72 Å². The van der Waals surface area contributed by atoms with E-state index in [1.165, 1.54) is 0 Å². The molecule has 4 nitrogen and oxygen atoms in total. The molecule has 0 saturated heterocycles. The summed E-state index contributed by atoms with van der Waals surface area (Å²) in [5, 5.41) is 0. The van der Waals surface area contributed by atoms with E-state index >= 15 is 0 Å². The molecular weight excluding hydrogens is 226 g/mol. The number of hydrogen-bond acceptors (Lipinski definition) is 3. The van der Waals surface area contributed by atoms with E-state index in [4.69, 9.17) is 4.74 Å². The summed E-state index contributed by atoms with van der Waals surface area (Å²) < 4.78 is 31.4. The van der Waals surface area contributed by atoms with Gasteiger partial charge in [-0.1, -0.05) is 6.92 Å². The van der Waals surface area contributed by atoms with Gasteiger partial charge < -0.3 is 4.74 Å². The fraction of sp³-hybridized carbons (Fsp3) is 0.455. The van der Waals surface area contributed by atoms with Crippen LogP contribution in [0.4, 0.5) is 0 Å². The molecule has 0 aliphatic rings. The van der Waals surface area contributed by atoms with E-state index in [1.807, 2.05) is 0 Å². The first kappa shape index (κ1) is 13.0. The van der Waals surface area contributed by atoms with Crippen LogP contribution in [0.5, 0.6) is 5.75 Å². The average Bonchev–Trinajstić information content (AvgIpc) is 2.15. The summed E-state index contributed by atoms with van der Waals surface area (Å²) in [4.78, 5) is 0.343. The summed E-state index contributed by atoms with van der Waals surface area (Å²) in [6.45, 7) is 5.67. The highest BCUT2D eigenvalue weighted by Gasteiger charge is 2.19. The maximum Gasteiger partial charge on any atom is 0.241 e. The lowest BCUT2D eigenvalue weighted by molar-refractivity contribution is 0.413. The van der Waals surface area contributed by atoms with Crippen molar-refractivity contribution in [2.45, 2.75) is 25.7 Å². The molecule has 0 atom stereocenters. The second-order valence-electron chi connectivity index (χ2n) is 3.59. The molecule has 0 unspecified atom stereocenters. The molecule has 5 heteroatoms. The van der Waals surface area contributed by atoms with E-state index in [0.717, 1.165) is 0 Å². The van der Waals surface area contributed by atoms with Gasteiger partial charge in [-0.15, -0.1) is 0 Å². The summed E-state index contributed by atoms with van der Waals surface area (Å²) in [6.07, 6.45) is 0. The van der Waals surface area contributed by atoms with Crippen molar-refractivity contribution in [2.24, 2.45) is 0 Å². The lowest BCUT2D eigenvalue weighted by Gasteiger charge is -2.12. The van der Waals surface area contributed by atoms with Crippen LogP contribution in [0.3, 0.4) is 0 Å². The van der Waals surface area contributed by atoms with Crippen molar-refractivity contribution in [3.63, 3.8) is 0 Å². The first-order chi connectivity index (χ1) is 7.42. The van der Waals surface area contributed by atoms with Crippen LogP contribution < -0.4 is 9.46 Å². The maximum absolute atomic E-state index is 11.9. The molecule has 0 fully saturated rings. The van der Waals surface area contributed by atoms with E-state index in [9.17, 15) is 8.42 Å². The number of benzene rings is 1. The van der Waals surface area contributed by atoms with Crippen LogP contribution >= 0.6 is 0 Å². The van der Waals surface area contributed by atoms with Crippen LogP contribution in [0.25, 0.3) is 0 Å². The van der Waals surface area contributed by atoms with Crippen LogP contribution in [0.1, 0.15) is 18.1 Å². The highest BCUT2D eigenvalue weighted by Crippen LogP contribution is 2.25. The van der Waals surface area contributed by atoms with E-state index in [-0.39, 0.29) is 0 Å². The van der Waals surface area contributed by atoms with Crippen LogP contribution in [-0.2, 0) is 10.0 Å². The molecule has 0 spiro atoms. The van der Waals surface area contributed by atoms with Gasteiger partial charge in [0.05, 0.1) is 12.0 Å². The largest absolute Gasteiger partial charge is 0.497 e. The Morgan fingerprint density at radius 3 is 2.12 bits per heavy atom. The first-order valence-corrected chi connectivity index (χ1v) is 6.55. The monoisotopic (exact) mass is 243 g/mol. The van der Waals surface area contributed by atoms with Crippen molar-refractivity contribution in [3.8, 4) is 5.75 Å². The molecule has 0 heterocycles. The molecule has 0 radical (unpaired) electrons. The second kappa shape index (κ2) is 4.84. The Morgan fingerprint density at radius 1 is 1.25 bits per heavy atom. The van der Waals surface area contributed by atoms with Crippen LogP contribution in [-0.4, -0.2) is 22.1 Å². The molecule has 1 N–H and O–H groups in total. The Balaban J connectivity index is 3.36. The molecule has 0 bridgehead atoms. The number of rotatable bonds is 4. The predicted octanol–water partition coefficient (Wildman–Crippen LogP) is 1.61. The van der Waals surface area contributed by atoms with Crippen molar-refractivity contribution in [1.29, 1.82) is 0 Å². The number of hydrogen-bond donors (Lipinski definition) is 1. The predicted molar refractivity (Wildman–Crippen MR) is 63.3 cm³/mol. The quantitative estimate of drug-likeness (QED) is 0.874. The van der Waals surface area contributed by atoms with Gasteiger partial charge in [0.2, 0.25) is 10.0 Å². The van der Waals surface area contributed by atoms with Crippen LogP contribution in [0.2, 0.25) is 0 Å². The van der Waals surface area contributed by atoms with Gasteiger partial charge in [0.15, 0.2) is 0 Å². The number of sulfonamides is 1. The molecule has 1 rings (SSSR count). The third kappa shape index (κ3) is 2.54. The molecule has 0 aromatic heterocycles. The number of nitrogens with one attached hydrogen (secondary N) is 1. The molecule has 0 aliphatic carbocycles. The Hall–Kier alpha value is -1.07. The van der Waals surface area contributed by atoms with Crippen molar-refractivity contribution in [3.05, 3.63) is 23.3 Å². The number of methoxy groups -OCH3 is 1. The van der Waals surface area contributed by atoms with Gasteiger partial charge >= 0.3 is 0 Å². The summed E-state index contributed by atoms with van der Waals surface area (Å²) in [6, 6.07) is 3.44. The van der Waals surface area contributed by atoms with Crippen molar-refractivity contribution in [1.82, 2.24) is 4.72 Å². The van der Waals surface area contributed by atoms with Gasteiger partial charge in [-0.05, 0) is 37.1 Å². The highest BCUT2D eigenvalue weighted by molar-refractivity contribution is 7.89. The standard InChI is InChI=1S/C11H17NO3S/c1-5-12-16(13,14)11-8(2)6-10(15-4)7-9(11)3/h6-7,12H,5H2,1-4H3. The van der Waals surface area contributed by atoms with E-state index in [1.54, 1.807) is 40.0 Å². The Labute approximate surface area is 96.7 Å². The van der Waals surface area contributed by atoms with Gasteiger partial charge in [-0.25, -0.2) is 13.1 Å². The molecule has 1 aromatic rings. The molecule has 90 valence electrons. The summed E-state index contributed by atoms with van der Waals surface area (Å²) in [7, 11) is -1.84. The molecule has 1 aromatic carbocycles. The SMILES string of the molecule is CCNS(=O)(=O)c1c(C)cc(OC)cc1C. The Morgan fingerprint density at radius 2 is 1.75 bits per heavy atom.